The van der Waals surface area contributed by atoms with Crippen LogP contribution in [0.15, 0.2) is 65.6 Å². The highest BCUT2D eigenvalue weighted by atomic mass is 32.1. The zero-order valence-electron chi connectivity index (χ0n) is 17.6. The lowest BCUT2D eigenvalue weighted by Crippen LogP contribution is -2.37. The van der Waals surface area contributed by atoms with E-state index < -0.39 is 18.1 Å². The minimum atomic E-state index is -0.902. The summed E-state index contributed by atoms with van der Waals surface area (Å²) in [4.78, 5) is 43.1. The number of carbonyl (C=O) groups is 3. The van der Waals surface area contributed by atoms with Crippen molar-refractivity contribution >= 4 is 29.4 Å². The smallest absolute Gasteiger partial charge is 0.441 e. The third-order valence-electron chi connectivity index (χ3n) is 4.57. The summed E-state index contributed by atoms with van der Waals surface area (Å²) in [5.41, 5.74) is 1.98. The number of nitrogens with zero attached hydrogens (tertiary/aromatic N) is 1. The molecular formula is C23H24N2O6S. The van der Waals surface area contributed by atoms with Gasteiger partial charge in [-0.05, 0) is 47.6 Å². The SMILES string of the molecule is COC(=O)N(OCC1=CC=CCC1)C(=O)c1ccc(CNC(=O)OCc2cccs2)cc1. The van der Waals surface area contributed by atoms with E-state index in [-0.39, 0.29) is 25.3 Å². The number of benzene rings is 1. The number of amides is 3. The maximum Gasteiger partial charge on any atom is 0.441 e. The van der Waals surface area contributed by atoms with E-state index in [1.54, 1.807) is 24.3 Å². The number of carbonyl (C=O) groups excluding carboxylic acids is 3. The lowest BCUT2D eigenvalue weighted by atomic mass is 10.1. The molecule has 3 amide bonds. The number of ether oxygens (including phenoxy) is 2. The first-order valence-electron chi connectivity index (χ1n) is 9.98. The third-order valence-corrected chi connectivity index (χ3v) is 5.42. The number of rotatable bonds is 8. The lowest BCUT2D eigenvalue weighted by Gasteiger charge is -2.20. The molecule has 1 aliphatic rings. The maximum atomic E-state index is 12.8. The summed E-state index contributed by atoms with van der Waals surface area (Å²) >= 11 is 1.51. The average Bonchev–Trinajstić information content (AvgIpc) is 3.36. The van der Waals surface area contributed by atoms with Crippen molar-refractivity contribution in [2.75, 3.05) is 13.7 Å². The van der Waals surface area contributed by atoms with Gasteiger partial charge in [0, 0.05) is 17.0 Å². The standard InChI is InChI=1S/C23H24N2O6S/c1-29-23(28)25(31-15-18-6-3-2-4-7-18)21(26)19-11-9-17(10-12-19)14-24-22(27)30-16-20-8-5-13-32-20/h2-3,5-6,8-13H,4,7,14-16H2,1H3,(H,24,27). The lowest BCUT2D eigenvalue weighted by molar-refractivity contribution is -0.0955. The molecule has 1 heterocycles. The number of hydroxylamine groups is 2. The van der Waals surface area contributed by atoms with Crippen LogP contribution in [0.1, 0.15) is 33.6 Å². The molecule has 0 saturated heterocycles. The van der Waals surface area contributed by atoms with Crippen molar-refractivity contribution in [3.05, 3.63) is 81.6 Å². The van der Waals surface area contributed by atoms with Crippen LogP contribution >= 0.6 is 11.3 Å². The van der Waals surface area contributed by atoms with Gasteiger partial charge < -0.3 is 14.8 Å². The van der Waals surface area contributed by atoms with E-state index in [0.717, 1.165) is 28.9 Å². The van der Waals surface area contributed by atoms with E-state index in [1.165, 1.54) is 18.4 Å². The highest BCUT2D eigenvalue weighted by Gasteiger charge is 2.25. The van der Waals surface area contributed by atoms with Crippen LogP contribution in [-0.2, 0) is 27.5 Å². The Labute approximate surface area is 190 Å². The van der Waals surface area contributed by atoms with Crippen molar-refractivity contribution in [2.45, 2.75) is 26.0 Å². The number of hydrogen-bond acceptors (Lipinski definition) is 7. The van der Waals surface area contributed by atoms with E-state index in [4.69, 9.17) is 9.57 Å². The van der Waals surface area contributed by atoms with Crippen molar-refractivity contribution in [3.8, 4) is 0 Å². The Morgan fingerprint density at radius 2 is 1.94 bits per heavy atom. The van der Waals surface area contributed by atoms with Crippen molar-refractivity contribution in [3.63, 3.8) is 0 Å². The molecule has 3 rings (SSSR count). The van der Waals surface area contributed by atoms with Gasteiger partial charge in [0.05, 0.1) is 13.7 Å². The summed E-state index contributed by atoms with van der Waals surface area (Å²) in [5, 5.41) is 5.19. The molecule has 2 aromatic rings. The summed E-state index contributed by atoms with van der Waals surface area (Å²) in [6.45, 7) is 0.560. The molecule has 0 radical (unpaired) electrons. The van der Waals surface area contributed by atoms with Crippen molar-refractivity contribution < 1.29 is 28.7 Å². The topological polar surface area (TPSA) is 94.2 Å². The Balaban J connectivity index is 1.53. The van der Waals surface area contributed by atoms with Gasteiger partial charge in [-0.1, -0.05) is 36.4 Å². The number of hydrogen-bond donors (Lipinski definition) is 1. The molecule has 0 spiro atoms. The van der Waals surface area contributed by atoms with E-state index in [2.05, 4.69) is 10.1 Å². The van der Waals surface area contributed by atoms with Gasteiger partial charge in [0.2, 0.25) is 0 Å². The Morgan fingerprint density at radius 1 is 1.12 bits per heavy atom. The molecule has 0 bridgehead atoms. The molecule has 1 aliphatic carbocycles. The largest absolute Gasteiger partial charge is 0.451 e. The van der Waals surface area contributed by atoms with Crippen molar-refractivity contribution in [1.29, 1.82) is 0 Å². The van der Waals surface area contributed by atoms with Crippen LogP contribution in [0.5, 0.6) is 0 Å². The van der Waals surface area contributed by atoms with Crippen molar-refractivity contribution in [2.24, 2.45) is 0 Å². The summed E-state index contributed by atoms with van der Waals surface area (Å²) < 4.78 is 9.82. The van der Waals surface area contributed by atoms with Crippen molar-refractivity contribution in [1.82, 2.24) is 10.4 Å². The van der Waals surface area contributed by atoms with E-state index in [9.17, 15) is 14.4 Å². The number of nitrogens with one attached hydrogen (secondary N) is 1. The van der Waals surface area contributed by atoms with E-state index in [1.807, 2.05) is 35.7 Å². The Kier molecular flexibility index (Phi) is 8.59. The van der Waals surface area contributed by atoms with Gasteiger partial charge in [-0.15, -0.1) is 16.4 Å². The van der Waals surface area contributed by atoms with Crippen LogP contribution in [-0.4, -0.2) is 36.9 Å². The first-order valence-corrected chi connectivity index (χ1v) is 10.9. The number of allylic oxidation sites excluding steroid dienone is 3. The molecular weight excluding hydrogens is 432 g/mol. The van der Waals surface area contributed by atoms with Crippen LogP contribution in [0.25, 0.3) is 0 Å². The molecule has 8 nitrogen and oxygen atoms in total. The van der Waals surface area contributed by atoms with Crippen LogP contribution in [0, 0.1) is 0 Å². The first-order chi connectivity index (χ1) is 15.6. The number of thiophene rings is 1. The molecule has 0 fully saturated rings. The highest BCUT2D eigenvalue weighted by molar-refractivity contribution is 7.09. The van der Waals surface area contributed by atoms with Crippen LogP contribution in [0.4, 0.5) is 9.59 Å². The van der Waals surface area contributed by atoms with Gasteiger partial charge in [0.15, 0.2) is 0 Å². The molecule has 0 unspecified atom stereocenters. The summed E-state index contributed by atoms with van der Waals surface area (Å²) in [6, 6.07) is 10.2. The number of imide groups is 1. The molecule has 1 N–H and O–H groups in total. The van der Waals surface area contributed by atoms with Gasteiger partial charge >= 0.3 is 12.2 Å². The van der Waals surface area contributed by atoms with Gasteiger partial charge in [0.1, 0.15) is 6.61 Å². The second-order valence-corrected chi connectivity index (χ2v) is 7.87. The fraction of sp³-hybridized carbons (Fsp3) is 0.261. The second kappa shape index (κ2) is 11.8. The van der Waals surface area contributed by atoms with Crippen LogP contribution in [0.3, 0.4) is 0 Å². The third kappa shape index (κ3) is 6.79. The van der Waals surface area contributed by atoms with Gasteiger partial charge in [-0.25, -0.2) is 9.59 Å². The number of methoxy groups -OCH3 is 1. The quantitative estimate of drug-likeness (QED) is 0.584. The minimum absolute atomic E-state index is 0.112. The Hall–Kier alpha value is -3.43. The predicted octanol–water partition coefficient (Wildman–Crippen LogP) is 4.59. The van der Waals surface area contributed by atoms with Gasteiger partial charge in [0.25, 0.3) is 5.91 Å². The maximum absolute atomic E-state index is 12.8. The molecule has 168 valence electrons. The highest BCUT2D eigenvalue weighted by Crippen LogP contribution is 2.15. The van der Waals surface area contributed by atoms with Crippen LogP contribution in [0.2, 0.25) is 0 Å². The average molecular weight is 457 g/mol. The second-order valence-electron chi connectivity index (χ2n) is 6.84. The zero-order valence-corrected chi connectivity index (χ0v) is 18.4. The number of alkyl carbamates (subject to hydrolysis) is 1. The van der Waals surface area contributed by atoms with Gasteiger partial charge in [-0.2, -0.15) is 0 Å². The van der Waals surface area contributed by atoms with Gasteiger partial charge in [-0.3, -0.25) is 9.63 Å². The summed E-state index contributed by atoms with van der Waals surface area (Å²) in [6.07, 6.45) is 6.10. The van der Waals surface area contributed by atoms with E-state index >= 15 is 0 Å². The molecule has 0 saturated carbocycles. The first kappa shape index (κ1) is 23.2. The Bertz CT molecular complexity index is 982. The fourth-order valence-electron chi connectivity index (χ4n) is 2.84. The molecule has 0 atom stereocenters. The van der Waals surface area contributed by atoms with Crippen LogP contribution < -0.4 is 5.32 Å². The molecule has 1 aromatic carbocycles. The fourth-order valence-corrected chi connectivity index (χ4v) is 3.45. The molecule has 32 heavy (non-hydrogen) atoms. The Morgan fingerprint density at radius 3 is 2.59 bits per heavy atom. The normalized spacial score (nSPS) is 12.6. The molecule has 1 aromatic heterocycles. The zero-order chi connectivity index (χ0) is 22.8. The predicted molar refractivity (Wildman–Crippen MR) is 119 cm³/mol. The van der Waals surface area contributed by atoms with E-state index in [0.29, 0.717) is 5.06 Å². The minimum Gasteiger partial charge on any atom is -0.451 e. The molecule has 9 heteroatoms. The monoisotopic (exact) mass is 456 g/mol. The molecule has 0 aliphatic heterocycles. The summed E-state index contributed by atoms with van der Waals surface area (Å²) in [7, 11) is 1.18. The summed E-state index contributed by atoms with van der Waals surface area (Å²) in [5.74, 6) is -0.640.